The average molecular weight is 418 g/mol. The normalized spacial score (nSPS) is 11.4. The lowest BCUT2D eigenvalue weighted by Crippen LogP contribution is -2.49. The van der Waals surface area contributed by atoms with Crippen LogP contribution in [0, 0.1) is 13.8 Å². The first-order valence-electron chi connectivity index (χ1n) is 8.76. The third kappa shape index (κ3) is 5.75. The molecule has 0 fully saturated rings. The van der Waals surface area contributed by atoms with Crippen LogP contribution in [0.25, 0.3) is 0 Å². The van der Waals surface area contributed by atoms with Crippen LogP contribution in [0.5, 0.6) is 0 Å². The van der Waals surface area contributed by atoms with Crippen LogP contribution in [0.15, 0.2) is 47.5 Å². The van der Waals surface area contributed by atoms with Gasteiger partial charge < -0.3 is 0 Å². The number of carbonyl (C=O) groups excluding carboxylic acids is 1. The van der Waals surface area contributed by atoms with Crippen molar-refractivity contribution >= 4 is 39.6 Å². The molecule has 0 radical (unpaired) electrons. The SMILES string of the molecule is CS/C(=N\Cc1ccccc1C)SCc1c(C)cccc1N(N)C(=O)N(C)N. The van der Waals surface area contributed by atoms with Crippen LogP contribution in [0.1, 0.15) is 22.3 Å². The van der Waals surface area contributed by atoms with Gasteiger partial charge in [0.1, 0.15) is 4.38 Å². The van der Waals surface area contributed by atoms with Crippen molar-refractivity contribution < 1.29 is 4.79 Å². The van der Waals surface area contributed by atoms with Crippen LogP contribution in [0.4, 0.5) is 10.5 Å². The van der Waals surface area contributed by atoms with Crippen LogP contribution in [-0.2, 0) is 12.3 Å². The number of hydrogen-bond donors (Lipinski definition) is 2. The zero-order valence-corrected chi connectivity index (χ0v) is 18.3. The predicted molar refractivity (Wildman–Crippen MR) is 122 cm³/mol. The number of hydrogen-bond acceptors (Lipinski definition) is 6. The molecule has 0 saturated carbocycles. The molecule has 2 aromatic rings. The minimum Gasteiger partial charge on any atom is -0.267 e. The topological polar surface area (TPSA) is 88.0 Å². The molecule has 6 nitrogen and oxygen atoms in total. The molecule has 2 aromatic carbocycles. The molecule has 0 aliphatic carbocycles. The highest BCUT2D eigenvalue weighted by molar-refractivity contribution is 8.38. The van der Waals surface area contributed by atoms with Gasteiger partial charge in [-0.25, -0.2) is 21.5 Å². The maximum absolute atomic E-state index is 12.2. The highest BCUT2D eigenvalue weighted by Gasteiger charge is 2.19. The Bertz CT molecular complexity index is 854. The maximum Gasteiger partial charge on any atom is 0.352 e. The van der Waals surface area contributed by atoms with E-state index in [0.29, 0.717) is 18.0 Å². The van der Waals surface area contributed by atoms with Crippen LogP contribution >= 0.6 is 23.5 Å². The second-order valence-electron chi connectivity index (χ2n) is 6.34. The van der Waals surface area contributed by atoms with Crippen molar-refractivity contribution in [1.29, 1.82) is 0 Å². The summed E-state index contributed by atoms with van der Waals surface area (Å²) in [6, 6.07) is 13.5. The van der Waals surface area contributed by atoms with E-state index in [4.69, 9.17) is 16.7 Å². The van der Waals surface area contributed by atoms with Crippen molar-refractivity contribution in [2.45, 2.75) is 26.1 Å². The Morgan fingerprint density at radius 1 is 1.07 bits per heavy atom. The molecule has 2 rings (SSSR count). The number of thioether (sulfide) groups is 2. The molecule has 0 bridgehead atoms. The lowest BCUT2D eigenvalue weighted by Gasteiger charge is -2.24. The minimum absolute atomic E-state index is 0.477. The number of benzene rings is 2. The molecule has 4 N–H and O–H groups in total. The molecule has 0 saturated heterocycles. The van der Waals surface area contributed by atoms with E-state index >= 15 is 0 Å². The van der Waals surface area contributed by atoms with Gasteiger partial charge in [0.2, 0.25) is 0 Å². The molecule has 0 aliphatic heterocycles. The second-order valence-corrected chi connectivity index (χ2v) is 8.35. The number of aliphatic imine (C=N–C) groups is 1. The van der Waals surface area contributed by atoms with Crippen molar-refractivity contribution in [2.75, 3.05) is 18.3 Å². The largest absolute Gasteiger partial charge is 0.352 e. The van der Waals surface area contributed by atoms with E-state index < -0.39 is 6.03 Å². The zero-order chi connectivity index (χ0) is 20.7. The van der Waals surface area contributed by atoms with Crippen molar-refractivity contribution in [3.63, 3.8) is 0 Å². The van der Waals surface area contributed by atoms with Gasteiger partial charge in [0.05, 0.1) is 12.2 Å². The van der Waals surface area contributed by atoms with E-state index in [0.717, 1.165) is 25.5 Å². The third-order valence-corrected chi connectivity index (χ3v) is 6.45. The molecule has 2 amide bonds. The van der Waals surface area contributed by atoms with E-state index in [1.807, 2.05) is 43.5 Å². The van der Waals surface area contributed by atoms with Gasteiger partial charge in [-0.15, -0.1) is 11.8 Å². The first-order chi connectivity index (χ1) is 13.3. The Balaban J connectivity index is 2.17. The van der Waals surface area contributed by atoms with Gasteiger partial charge in [-0.05, 0) is 48.4 Å². The molecule has 0 heterocycles. The summed E-state index contributed by atoms with van der Waals surface area (Å²) >= 11 is 3.26. The summed E-state index contributed by atoms with van der Waals surface area (Å²) < 4.78 is 0.989. The number of amides is 2. The molecule has 28 heavy (non-hydrogen) atoms. The molecule has 0 aromatic heterocycles. The average Bonchev–Trinajstić information content (AvgIpc) is 2.68. The summed E-state index contributed by atoms with van der Waals surface area (Å²) in [4.78, 5) is 16.9. The fourth-order valence-electron chi connectivity index (χ4n) is 2.61. The van der Waals surface area contributed by atoms with Gasteiger partial charge in [-0.3, -0.25) is 10.0 Å². The fourth-order valence-corrected chi connectivity index (χ4v) is 4.25. The van der Waals surface area contributed by atoms with Gasteiger partial charge in [0.25, 0.3) is 0 Å². The van der Waals surface area contributed by atoms with E-state index in [9.17, 15) is 4.79 Å². The molecule has 150 valence electrons. The Kier molecular flexibility index (Phi) is 8.37. The number of anilines is 1. The molecular weight excluding hydrogens is 390 g/mol. The van der Waals surface area contributed by atoms with E-state index in [2.05, 4.69) is 19.1 Å². The minimum atomic E-state index is -0.477. The van der Waals surface area contributed by atoms with Gasteiger partial charge in [0, 0.05) is 12.8 Å². The highest BCUT2D eigenvalue weighted by Crippen LogP contribution is 2.29. The molecular formula is C20H27N5OS2. The number of hydrazine groups is 2. The Hall–Kier alpha value is -2.00. The number of carbonyl (C=O) groups is 1. The smallest absolute Gasteiger partial charge is 0.267 e. The van der Waals surface area contributed by atoms with Crippen molar-refractivity contribution in [1.82, 2.24) is 5.01 Å². The summed E-state index contributed by atoms with van der Waals surface area (Å²) in [5.74, 6) is 12.2. The summed E-state index contributed by atoms with van der Waals surface area (Å²) in [7, 11) is 1.47. The molecule has 0 unspecified atom stereocenters. The first kappa shape index (κ1) is 22.3. The highest BCUT2D eigenvalue weighted by atomic mass is 32.2. The Morgan fingerprint density at radius 2 is 1.75 bits per heavy atom. The predicted octanol–water partition coefficient (Wildman–Crippen LogP) is 4.06. The first-order valence-corrected chi connectivity index (χ1v) is 11.0. The number of urea groups is 1. The summed E-state index contributed by atoms with van der Waals surface area (Å²) in [5, 5.41) is 2.06. The maximum atomic E-state index is 12.2. The summed E-state index contributed by atoms with van der Waals surface area (Å²) in [6.07, 6.45) is 2.02. The quantitative estimate of drug-likeness (QED) is 0.252. The summed E-state index contributed by atoms with van der Waals surface area (Å²) in [5.41, 5.74) is 5.15. The van der Waals surface area contributed by atoms with Crippen LogP contribution in [0.2, 0.25) is 0 Å². The monoisotopic (exact) mass is 417 g/mol. The fraction of sp³-hybridized carbons (Fsp3) is 0.300. The molecule has 8 heteroatoms. The molecule has 0 atom stereocenters. The van der Waals surface area contributed by atoms with Crippen LogP contribution in [0.3, 0.4) is 0 Å². The summed E-state index contributed by atoms with van der Waals surface area (Å²) in [6.45, 7) is 4.75. The Labute approximate surface area is 175 Å². The second kappa shape index (κ2) is 10.5. The van der Waals surface area contributed by atoms with Crippen molar-refractivity contribution in [3.05, 3.63) is 64.7 Å². The van der Waals surface area contributed by atoms with Crippen molar-refractivity contribution in [2.24, 2.45) is 16.7 Å². The van der Waals surface area contributed by atoms with Gasteiger partial charge >= 0.3 is 6.03 Å². The number of aryl methyl sites for hydroxylation is 2. The van der Waals surface area contributed by atoms with Gasteiger partial charge in [0.15, 0.2) is 0 Å². The van der Waals surface area contributed by atoms with Crippen molar-refractivity contribution in [3.8, 4) is 0 Å². The standard InChI is InChI=1S/C20H27N5OS2/c1-14-8-5-6-10-16(14)12-23-19(27-4)28-13-17-15(2)9-7-11-18(17)25(22)20(26)24(3)21/h5-11H,12-13,21-22H2,1-4H3/b23-19+. The number of rotatable bonds is 5. The number of nitrogens with zero attached hydrogens (tertiary/aromatic N) is 3. The van der Waals surface area contributed by atoms with E-state index in [-0.39, 0.29) is 0 Å². The van der Waals surface area contributed by atoms with Crippen LogP contribution in [-0.4, -0.2) is 28.7 Å². The van der Waals surface area contributed by atoms with Gasteiger partial charge in [-0.2, -0.15) is 0 Å². The lowest BCUT2D eigenvalue weighted by molar-refractivity contribution is 0.216. The van der Waals surface area contributed by atoms with E-state index in [1.165, 1.54) is 18.2 Å². The third-order valence-electron chi connectivity index (χ3n) is 4.31. The van der Waals surface area contributed by atoms with Gasteiger partial charge in [-0.1, -0.05) is 48.2 Å². The number of nitrogens with two attached hydrogens (primary N) is 2. The lowest BCUT2D eigenvalue weighted by atomic mass is 10.1. The zero-order valence-electron chi connectivity index (χ0n) is 16.7. The van der Waals surface area contributed by atoms with E-state index in [1.54, 1.807) is 23.5 Å². The Morgan fingerprint density at radius 3 is 2.39 bits per heavy atom. The van der Waals surface area contributed by atoms with Crippen LogP contribution < -0.4 is 16.7 Å². The molecule has 0 aliphatic rings. The molecule has 0 spiro atoms.